The summed E-state index contributed by atoms with van der Waals surface area (Å²) in [7, 11) is 1.58. The standard InChI is InChI=1S/C13H18Br2N2O2/c1-13(2,3)16-7-12(18)17-10-6-11(19-4)9(15)5-8(10)14/h5-6,16H,7H2,1-4H3,(H,17,18). The maximum Gasteiger partial charge on any atom is 0.238 e. The van der Waals surface area contributed by atoms with Crippen molar-refractivity contribution in [3.05, 3.63) is 21.1 Å². The fourth-order valence-corrected chi connectivity index (χ4v) is 2.58. The summed E-state index contributed by atoms with van der Waals surface area (Å²) in [5, 5.41) is 5.97. The number of methoxy groups -OCH3 is 1. The van der Waals surface area contributed by atoms with Crippen LogP contribution < -0.4 is 15.4 Å². The molecule has 0 aliphatic rings. The molecule has 4 nitrogen and oxygen atoms in total. The molecule has 1 aromatic rings. The van der Waals surface area contributed by atoms with E-state index in [0.29, 0.717) is 11.4 Å². The fraction of sp³-hybridized carbons (Fsp3) is 0.462. The molecule has 0 heterocycles. The molecular weight excluding hydrogens is 376 g/mol. The van der Waals surface area contributed by atoms with Crippen LogP contribution in [0.25, 0.3) is 0 Å². The zero-order valence-electron chi connectivity index (χ0n) is 11.4. The van der Waals surface area contributed by atoms with E-state index in [4.69, 9.17) is 4.74 Å². The first-order chi connectivity index (χ1) is 8.73. The number of ether oxygens (including phenoxy) is 1. The average Bonchev–Trinajstić information content (AvgIpc) is 2.29. The Hall–Kier alpha value is -0.590. The molecule has 2 N–H and O–H groups in total. The van der Waals surface area contributed by atoms with Crippen LogP contribution in [0.15, 0.2) is 21.1 Å². The summed E-state index contributed by atoms with van der Waals surface area (Å²) in [6, 6.07) is 3.61. The van der Waals surface area contributed by atoms with Crippen molar-refractivity contribution in [2.45, 2.75) is 26.3 Å². The number of hydrogen-bond donors (Lipinski definition) is 2. The Balaban J connectivity index is 2.74. The third-order valence-electron chi connectivity index (χ3n) is 2.29. The van der Waals surface area contributed by atoms with Crippen LogP contribution >= 0.6 is 31.9 Å². The second kappa shape index (κ2) is 6.72. The van der Waals surface area contributed by atoms with Crippen LogP contribution in [0.5, 0.6) is 5.75 Å². The lowest BCUT2D eigenvalue weighted by atomic mass is 10.1. The average molecular weight is 394 g/mol. The van der Waals surface area contributed by atoms with Crippen molar-refractivity contribution in [2.75, 3.05) is 19.0 Å². The molecule has 0 aromatic heterocycles. The van der Waals surface area contributed by atoms with Crippen molar-refractivity contribution >= 4 is 43.5 Å². The number of benzene rings is 1. The van der Waals surface area contributed by atoms with Gasteiger partial charge in [0.15, 0.2) is 0 Å². The number of carbonyl (C=O) groups excluding carboxylic acids is 1. The van der Waals surface area contributed by atoms with Crippen molar-refractivity contribution < 1.29 is 9.53 Å². The molecule has 0 unspecified atom stereocenters. The number of carbonyl (C=O) groups is 1. The predicted molar refractivity (Wildman–Crippen MR) is 84.8 cm³/mol. The molecule has 1 amide bonds. The van der Waals surface area contributed by atoms with Crippen molar-refractivity contribution in [3.8, 4) is 5.75 Å². The van der Waals surface area contributed by atoms with E-state index in [1.54, 1.807) is 13.2 Å². The molecule has 0 saturated carbocycles. The molecule has 1 rings (SSSR count). The highest BCUT2D eigenvalue weighted by atomic mass is 79.9. The number of hydrogen-bond acceptors (Lipinski definition) is 3. The Bertz CT molecular complexity index is 470. The lowest BCUT2D eigenvalue weighted by Gasteiger charge is -2.20. The Labute approximate surface area is 130 Å². The minimum atomic E-state index is -0.0972. The van der Waals surface area contributed by atoms with E-state index in [1.807, 2.05) is 26.8 Å². The van der Waals surface area contributed by atoms with Crippen LogP contribution in [0.2, 0.25) is 0 Å². The van der Waals surface area contributed by atoms with Crippen molar-refractivity contribution in [3.63, 3.8) is 0 Å². The summed E-state index contributed by atoms with van der Waals surface area (Å²) in [6.45, 7) is 6.30. The third-order valence-corrected chi connectivity index (χ3v) is 3.57. The van der Waals surface area contributed by atoms with E-state index < -0.39 is 0 Å². The Morgan fingerprint density at radius 3 is 2.42 bits per heavy atom. The van der Waals surface area contributed by atoms with Crippen molar-refractivity contribution in [1.82, 2.24) is 5.32 Å². The first-order valence-electron chi connectivity index (χ1n) is 5.81. The van der Waals surface area contributed by atoms with Gasteiger partial charge in [-0.25, -0.2) is 0 Å². The number of rotatable bonds is 4. The molecule has 0 bridgehead atoms. The van der Waals surface area contributed by atoms with Crippen LogP contribution in [0.4, 0.5) is 5.69 Å². The van der Waals surface area contributed by atoms with Crippen LogP contribution in [0.1, 0.15) is 20.8 Å². The van der Waals surface area contributed by atoms with Gasteiger partial charge < -0.3 is 15.4 Å². The van der Waals surface area contributed by atoms with Gasteiger partial charge in [-0.3, -0.25) is 4.79 Å². The second-order valence-corrected chi connectivity index (χ2v) is 6.83. The molecule has 106 valence electrons. The first-order valence-corrected chi connectivity index (χ1v) is 7.39. The van der Waals surface area contributed by atoms with E-state index >= 15 is 0 Å². The van der Waals surface area contributed by atoms with Gasteiger partial charge in [0.25, 0.3) is 0 Å². The van der Waals surface area contributed by atoms with Gasteiger partial charge >= 0.3 is 0 Å². The summed E-state index contributed by atoms with van der Waals surface area (Å²) >= 11 is 6.79. The van der Waals surface area contributed by atoms with Gasteiger partial charge in [0.2, 0.25) is 5.91 Å². The minimum absolute atomic E-state index is 0.0913. The summed E-state index contributed by atoms with van der Waals surface area (Å²) in [6.07, 6.45) is 0. The van der Waals surface area contributed by atoms with Crippen LogP contribution in [-0.4, -0.2) is 25.1 Å². The molecule has 19 heavy (non-hydrogen) atoms. The highest BCUT2D eigenvalue weighted by molar-refractivity contribution is 9.11. The lowest BCUT2D eigenvalue weighted by molar-refractivity contribution is -0.115. The van der Waals surface area contributed by atoms with Gasteiger partial charge in [0.1, 0.15) is 5.75 Å². The number of halogens is 2. The summed E-state index contributed by atoms with van der Waals surface area (Å²) in [4.78, 5) is 11.8. The maximum absolute atomic E-state index is 11.8. The zero-order valence-corrected chi connectivity index (χ0v) is 14.6. The monoisotopic (exact) mass is 392 g/mol. The highest BCUT2D eigenvalue weighted by Crippen LogP contribution is 2.34. The van der Waals surface area contributed by atoms with E-state index in [9.17, 15) is 4.79 Å². The van der Waals surface area contributed by atoms with Gasteiger partial charge in [-0.15, -0.1) is 0 Å². The molecule has 0 aliphatic carbocycles. The largest absolute Gasteiger partial charge is 0.495 e. The maximum atomic E-state index is 11.8. The third kappa shape index (κ3) is 5.50. The van der Waals surface area contributed by atoms with Gasteiger partial charge in [0.05, 0.1) is 23.8 Å². The number of nitrogens with one attached hydrogen (secondary N) is 2. The Kier molecular flexibility index (Phi) is 5.82. The molecule has 0 radical (unpaired) electrons. The number of anilines is 1. The lowest BCUT2D eigenvalue weighted by Crippen LogP contribution is -2.41. The SMILES string of the molecule is COc1cc(NC(=O)CNC(C)(C)C)c(Br)cc1Br. The van der Waals surface area contributed by atoms with Crippen LogP contribution in [-0.2, 0) is 4.79 Å². The molecule has 0 atom stereocenters. The molecule has 0 fully saturated rings. The van der Waals surface area contributed by atoms with E-state index in [1.165, 1.54) is 0 Å². The summed E-state index contributed by atoms with van der Waals surface area (Å²) in [5.41, 5.74) is 0.590. The van der Waals surface area contributed by atoms with Gasteiger partial charge in [-0.2, -0.15) is 0 Å². The zero-order chi connectivity index (χ0) is 14.6. The molecule has 0 aliphatic heterocycles. The Morgan fingerprint density at radius 1 is 1.26 bits per heavy atom. The Morgan fingerprint density at radius 2 is 1.89 bits per heavy atom. The molecule has 0 saturated heterocycles. The topological polar surface area (TPSA) is 50.4 Å². The molecule has 0 spiro atoms. The van der Waals surface area contributed by atoms with Crippen molar-refractivity contribution in [2.24, 2.45) is 0 Å². The first kappa shape index (κ1) is 16.5. The molecule has 6 heteroatoms. The van der Waals surface area contributed by atoms with Crippen LogP contribution in [0, 0.1) is 0 Å². The van der Waals surface area contributed by atoms with E-state index in [2.05, 4.69) is 42.5 Å². The van der Waals surface area contributed by atoms with E-state index in [-0.39, 0.29) is 18.0 Å². The normalized spacial score (nSPS) is 11.3. The second-order valence-electron chi connectivity index (χ2n) is 5.12. The summed E-state index contributed by atoms with van der Waals surface area (Å²) in [5.74, 6) is 0.572. The molecular formula is C13H18Br2N2O2. The molecule has 1 aromatic carbocycles. The van der Waals surface area contributed by atoms with Crippen LogP contribution in [0.3, 0.4) is 0 Å². The van der Waals surface area contributed by atoms with E-state index in [0.717, 1.165) is 8.95 Å². The fourth-order valence-electron chi connectivity index (χ4n) is 1.32. The quantitative estimate of drug-likeness (QED) is 0.822. The van der Waals surface area contributed by atoms with Gasteiger partial charge in [0, 0.05) is 16.1 Å². The van der Waals surface area contributed by atoms with Gasteiger partial charge in [-0.1, -0.05) is 0 Å². The minimum Gasteiger partial charge on any atom is -0.495 e. The summed E-state index contributed by atoms with van der Waals surface area (Å²) < 4.78 is 6.82. The number of amides is 1. The van der Waals surface area contributed by atoms with Crippen molar-refractivity contribution in [1.29, 1.82) is 0 Å². The smallest absolute Gasteiger partial charge is 0.238 e. The van der Waals surface area contributed by atoms with Gasteiger partial charge in [-0.05, 0) is 58.7 Å². The highest BCUT2D eigenvalue weighted by Gasteiger charge is 2.13. The predicted octanol–water partition coefficient (Wildman–Crippen LogP) is 3.55.